The molecule has 0 unspecified atom stereocenters. The minimum Gasteiger partial charge on any atom is -0.479 e. The monoisotopic (exact) mass is 194 g/mol. The second-order valence-corrected chi connectivity index (χ2v) is 3.90. The molecule has 14 heavy (non-hydrogen) atoms. The summed E-state index contributed by atoms with van der Waals surface area (Å²) in [6.07, 6.45) is 2.06. The Morgan fingerprint density at radius 3 is 3.00 bits per heavy atom. The molecule has 2 heterocycles. The summed E-state index contributed by atoms with van der Waals surface area (Å²) in [6.45, 7) is 3.77. The average molecular weight is 194 g/mol. The zero-order chi connectivity index (χ0) is 10.3. The van der Waals surface area contributed by atoms with E-state index in [1.165, 1.54) is 12.3 Å². The molecule has 0 fully saturated rings. The van der Waals surface area contributed by atoms with E-state index in [0.717, 1.165) is 0 Å². The third-order valence-electron chi connectivity index (χ3n) is 2.13. The first-order valence-electron chi connectivity index (χ1n) is 4.31. The van der Waals surface area contributed by atoms with Crippen molar-refractivity contribution in [3.63, 3.8) is 0 Å². The van der Waals surface area contributed by atoms with E-state index >= 15 is 0 Å². The highest BCUT2D eigenvalue weighted by atomic mass is 16.6. The summed E-state index contributed by atoms with van der Waals surface area (Å²) in [5.74, 6) is 0.322. The van der Waals surface area contributed by atoms with Crippen LogP contribution in [0.15, 0.2) is 12.3 Å². The topological polar surface area (TPSA) is 65.3 Å². The second kappa shape index (κ2) is 2.67. The van der Waals surface area contributed by atoms with Crippen molar-refractivity contribution in [2.75, 3.05) is 0 Å². The van der Waals surface area contributed by atoms with Gasteiger partial charge in [0.05, 0.1) is 10.6 Å². The minimum absolute atomic E-state index is 0.000532. The summed E-state index contributed by atoms with van der Waals surface area (Å²) in [7, 11) is 0. The van der Waals surface area contributed by atoms with Gasteiger partial charge in [-0.15, -0.1) is 0 Å². The molecule has 5 nitrogen and oxygen atoms in total. The highest BCUT2D eigenvalue weighted by Gasteiger charge is 2.36. The van der Waals surface area contributed by atoms with Crippen molar-refractivity contribution < 1.29 is 9.66 Å². The first kappa shape index (κ1) is 8.93. The molecule has 0 atom stereocenters. The molecular weight excluding hydrogens is 184 g/mol. The van der Waals surface area contributed by atoms with Crippen LogP contribution in [0.1, 0.15) is 19.5 Å². The molecule has 0 spiro atoms. The Balaban J connectivity index is 2.52. The van der Waals surface area contributed by atoms with Gasteiger partial charge in [0.15, 0.2) is 0 Å². The van der Waals surface area contributed by atoms with Crippen LogP contribution in [-0.2, 0) is 6.42 Å². The number of fused-ring (bicyclic) bond motifs is 1. The Bertz CT molecular complexity index is 401. The molecule has 0 aliphatic carbocycles. The van der Waals surface area contributed by atoms with Crippen LogP contribution in [0.2, 0.25) is 0 Å². The van der Waals surface area contributed by atoms with Gasteiger partial charge in [0.2, 0.25) is 5.75 Å². The minimum atomic E-state index is -0.443. The molecule has 2 rings (SSSR count). The van der Waals surface area contributed by atoms with Gasteiger partial charge in [-0.25, -0.2) is 0 Å². The first-order valence-corrected chi connectivity index (χ1v) is 4.31. The van der Waals surface area contributed by atoms with Crippen molar-refractivity contribution in [2.24, 2.45) is 0 Å². The Labute approximate surface area is 80.9 Å². The van der Waals surface area contributed by atoms with E-state index in [2.05, 4.69) is 4.98 Å². The molecule has 0 saturated heterocycles. The largest absolute Gasteiger partial charge is 0.479 e. The summed E-state index contributed by atoms with van der Waals surface area (Å²) < 4.78 is 5.48. The lowest BCUT2D eigenvalue weighted by molar-refractivity contribution is -0.386. The molecule has 0 saturated carbocycles. The Morgan fingerprint density at radius 2 is 2.36 bits per heavy atom. The van der Waals surface area contributed by atoms with Gasteiger partial charge in [0.1, 0.15) is 5.60 Å². The highest BCUT2D eigenvalue weighted by molar-refractivity contribution is 5.51. The lowest BCUT2D eigenvalue weighted by atomic mass is 10.1. The molecule has 1 aliphatic rings. The Kier molecular flexibility index (Phi) is 1.70. The van der Waals surface area contributed by atoms with Crippen LogP contribution in [0.25, 0.3) is 0 Å². The van der Waals surface area contributed by atoms with Gasteiger partial charge in [0.25, 0.3) is 0 Å². The van der Waals surface area contributed by atoms with Crippen LogP contribution >= 0.6 is 0 Å². The second-order valence-electron chi connectivity index (χ2n) is 3.90. The summed E-state index contributed by atoms with van der Waals surface area (Å²) in [6, 6.07) is 1.36. The number of nitrogens with zero attached hydrogens (tertiary/aromatic N) is 2. The summed E-state index contributed by atoms with van der Waals surface area (Å²) in [5, 5.41) is 10.7. The maximum absolute atomic E-state index is 10.7. The van der Waals surface area contributed by atoms with Gasteiger partial charge in [-0.3, -0.25) is 15.1 Å². The van der Waals surface area contributed by atoms with Crippen LogP contribution < -0.4 is 4.74 Å². The van der Waals surface area contributed by atoms with Crippen LogP contribution in [0, 0.1) is 10.1 Å². The van der Waals surface area contributed by atoms with Gasteiger partial charge >= 0.3 is 5.69 Å². The van der Waals surface area contributed by atoms with E-state index < -0.39 is 4.92 Å². The summed E-state index contributed by atoms with van der Waals surface area (Å²) in [5.41, 5.74) is 0.284. The quantitative estimate of drug-likeness (QED) is 0.504. The molecule has 74 valence electrons. The lowest BCUT2D eigenvalue weighted by Gasteiger charge is -2.16. The normalized spacial score (nSPS) is 17.3. The van der Waals surface area contributed by atoms with E-state index in [-0.39, 0.29) is 11.3 Å². The van der Waals surface area contributed by atoms with E-state index in [1.807, 2.05) is 13.8 Å². The third-order valence-corrected chi connectivity index (χ3v) is 2.13. The highest BCUT2D eigenvalue weighted by Crippen LogP contribution is 2.39. The summed E-state index contributed by atoms with van der Waals surface area (Å²) >= 11 is 0. The van der Waals surface area contributed by atoms with Gasteiger partial charge in [-0.2, -0.15) is 0 Å². The first-order chi connectivity index (χ1) is 6.49. The van der Waals surface area contributed by atoms with Gasteiger partial charge in [-0.1, -0.05) is 0 Å². The maximum atomic E-state index is 10.7. The number of ether oxygens (including phenoxy) is 1. The maximum Gasteiger partial charge on any atom is 0.314 e. The van der Waals surface area contributed by atoms with Crippen molar-refractivity contribution >= 4 is 5.69 Å². The molecule has 0 N–H and O–H groups in total. The van der Waals surface area contributed by atoms with Crippen LogP contribution in [0.5, 0.6) is 5.75 Å². The SMILES string of the molecule is CC1(C)Cc2nccc([N+](=O)[O-])c2O1. The zero-order valence-corrected chi connectivity index (χ0v) is 7.98. The number of hydrogen-bond acceptors (Lipinski definition) is 4. The standard InChI is InChI=1S/C9H10N2O3/c1-9(2)5-6-8(14-9)7(11(12)13)3-4-10-6/h3-4H,5H2,1-2H3. The molecule has 5 heteroatoms. The number of nitro groups is 1. The van der Waals surface area contributed by atoms with Gasteiger partial charge in [0, 0.05) is 18.7 Å². The number of rotatable bonds is 1. The fraction of sp³-hybridized carbons (Fsp3) is 0.444. The smallest absolute Gasteiger partial charge is 0.314 e. The molecule has 1 aromatic rings. The van der Waals surface area contributed by atoms with Gasteiger partial charge in [-0.05, 0) is 13.8 Å². The number of pyridine rings is 1. The molecule has 1 aromatic heterocycles. The average Bonchev–Trinajstić information content (AvgIpc) is 2.36. The van der Waals surface area contributed by atoms with Crippen molar-refractivity contribution in [2.45, 2.75) is 25.9 Å². The zero-order valence-electron chi connectivity index (χ0n) is 7.98. The van der Waals surface area contributed by atoms with Crippen molar-refractivity contribution in [1.29, 1.82) is 0 Å². The molecule has 0 radical (unpaired) electrons. The molecule has 0 aromatic carbocycles. The molecule has 1 aliphatic heterocycles. The lowest BCUT2D eigenvalue weighted by Crippen LogP contribution is -2.24. The summed E-state index contributed by atoms with van der Waals surface area (Å²) in [4.78, 5) is 14.3. The van der Waals surface area contributed by atoms with Crippen LogP contribution in [0.4, 0.5) is 5.69 Å². The predicted molar refractivity (Wildman–Crippen MR) is 49.3 cm³/mol. The van der Waals surface area contributed by atoms with Crippen LogP contribution in [0.3, 0.4) is 0 Å². The Morgan fingerprint density at radius 1 is 1.64 bits per heavy atom. The van der Waals surface area contributed by atoms with E-state index in [0.29, 0.717) is 17.9 Å². The van der Waals surface area contributed by atoms with Crippen molar-refractivity contribution in [1.82, 2.24) is 4.98 Å². The Hall–Kier alpha value is -1.65. The van der Waals surface area contributed by atoms with E-state index in [1.54, 1.807) is 0 Å². The predicted octanol–water partition coefficient (Wildman–Crippen LogP) is 1.70. The van der Waals surface area contributed by atoms with E-state index in [9.17, 15) is 10.1 Å². The molecule has 0 amide bonds. The fourth-order valence-electron chi connectivity index (χ4n) is 1.58. The third kappa shape index (κ3) is 1.30. The fourth-order valence-corrected chi connectivity index (χ4v) is 1.58. The van der Waals surface area contributed by atoms with Gasteiger partial charge < -0.3 is 4.74 Å². The van der Waals surface area contributed by atoms with Crippen molar-refractivity contribution in [3.05, 3.63) is 28.1 Å². The molecule has 0 bridgehead atoms. The van der Waals surface area contributed by atoms with Crippen LogP contribution in [-0.4, -0.2) is 15.5 Å². The van der Waals surface area contributed by atoms with E-state index in [4.69, 9.17) is 4.74 Å². The number of aromatic nitrogens is 1. The number of hydrogen-bond donors (Lipinski definition) is 0. The van der Waals surface area contributed by atoms with Crippen molar-refractivity contribution in [3.8, 4) is 5.75 Å². The molecular formula is C9H10N2O3.